The average Bonchev–Trinajstić information content (AvgIpc) is 2.89. The molecule has 2 heterocycles. The third-order valence-corrected chi connectivity index (χ3v) is 4.76. The first-order valence-corrected chi connectivity index (χ1v) is 8.42. The van der Waals surface area contributed by atoms with E-state index in [4.69, 9.17) is 9.47 Å². The van der Waals surface area contributed by atoms with Gasteiger partial charge >= 0.3 is 0 Å². The predicted octanol–water partition coefficient (Wildman–Crippen LogP) is 4.80. The van der Waals surface area contributed by atoms with Crippen molar-refractivity contribution in [1.82, 2.24) is 9.97 Å². The van der Waals surface area contributed by atoms with Gasteiger partial charge in [0.05, 0.1) is 6.61 Å². The molecule has 1 aliphatic carbocycles. The number of aromatic nitrogens is 2. The van der Waals surface area contributed by atoms with Crippen LogP contribution in [0.3, 0.4) is 0 Å². The number of fused-ring (bicyclic) bond motifs is 1. The van der Waals surface area contributed by atoms with Crippen molar-refractivity contribution in [2.24, 2.45) is 5.92 Å². The normalized spacial score (nSPS) is 14.7. The van der Waals surface area contributed by atoms with Gasteiger partial charge in [-0.1, -0.05) is 17.8 Å². The summed E-state index contributed by atoms with van der Waals surface area (Å²) in [5.74, 6) is 1.55. The lowest BCUT2D eigenvalue weighted by molar-refractivity contribution is 0.176. The number of rotatable bonds is 5. The molecule has 0 spiro atoms. The summed E-state index contributed by atoms with van der Waals surface area (Å²) in [7, 11) is 0. The smallest absolute Gasteiger partial charge is 0.281 e. The molecule has 1 saturated carbocycles. The molecule has 6 heteroatoms. The summed E-state index contributed by atoms with van der Waals surface area (Å²) in [6, 6.07) is 9.57. The summed E-state index contributed by atoms with van der Waals surface area (Å²) < 4.78 is 24.3. The van der Waals surface area contributed by atoms with Gasteiger partial charge in [0.25, 0.3) is 5.19 Å². The van der Waals surface area contributed by atoms with E-state index in [0.29, 0.717) is 22.7 Å². The largest absolute Gasteiger partial charge is 0.477 e. The summed E-state index contributed by atoms with van der Waals surface area (Å²) >= 11 is 1.35. The van der Waals surface area contributed by atoms with Gasteiger partial charge in [-0.3, -0.25) is 0 Å². The van der Waals surface area contributed by atoms with Crippen LogP contribution in [0.1, 0.15) is 19.3 Å². The van der Waals surface area contributed by atoms with Crippen molar-refractivity contribution in [2.75, 3.05) is 6.61 Å². The van der Waals surface area contributed by atoms with E-state index in [0.717, 1.165) is 17.0 Å². The minimum atomic E-state index is -0.295. The third-order valence-electron chi connectivity index (χ3n) is 3.92. The highest BCUT2D eigenvalue weighted by Gasteiger charge is 2.18. The molecule has 1 aliphatic rings. The van der Waals surface area contributed by atoms with E-state index < -0.39 is 0 Å². The molecule has 118 valence electrons. The van der Waals surface area contributed by atoms with Gasteiger partial charge in [0, 0.05) is 6.07 Å². The van der Waals surface area contributed by atoms with Gasteiger partial charge in [0.15, 0.2) is 4.83 Å². The van der Waals surface area contributed by atoms with Crippen LogP contribution in [0.5, 0.6) is 16.8 Å². The zero-order valence-electron chi connectivity index (χ0n) is 12.4. The van der Waals surface area contributed by atoms with E-state index in [9.17, 15) is 4.39 Å². The SMILES string of the molecule is Fc1ccc(Oc2nc3ccc(OCC4CCC4)nc3s2)cc1. The lowest BCUT2D eigenvalue weighted by atomic mass is 9.86. The molecular weight excluding hydrogens is 315 g/mol. The first kappa shape index (κ1) is 14.4. The number of halogens is 1. The second-order valence-electron chi connectivity index (χ2n) is 5.62. The fourth-order valence-corrected chi connectivity index (χ4v) is 3.17. The lowest BCUT2D eigenvalue weighted by Gasteiger charge is -2.24. The number of thiazole rings is 1. The first-order chi connectivity index (χ1) is 11.3. The van der Waals surface area contributed by atoms with Gasteiger partial charge in [0.1, 0.15) is 17.1 Å². The zero-order valence-corrected chi connectivity index (χ0v) is 13.2. The molecule has 0 atom stereocenters. The third kappa shape index (κ3) is 3.27. The van der Waals surface area contributed by atoms with Crippen LogP contribution in [0.15, 0.2) is 36.4 Å². The number of ether oxygens (including phenoxy) is 2. The summed E-state index contributed by atoms with van der Waals surface area (Å²) in [4.78, 5) is 9.63. The molecule has 0 aliphatic heterocycles. The number of hydrogen-bond donors (Lipinski definition) is 0. The maximum Gasteiger partial charge on any atom is 0.281 e. The van der Waals surface area contributed by atoms with Gasteiger partial charge in [-0.15, -0.1) is 0 Å². The number of benzene rings is 1. The molecule has 1 fully saturated rings. The highest BCUT2D eigenvalue weighted by molar-refractivity contribution is 7.19. The van der Waals surface area contributed by atoms with Gasteiger partial charge in [-0.25, -0.2) is 14.4 Å². The summed E-state index contributed by atoms with van der Waals surface area (Å²) in [6.07, 6.45) is 3.80. The summed E-state index contributed by atoms with van der Waals surface area (Å²) in [6.45, 7) is 0.732. The molecule has 4 rings (SSSR count). The van der Waals surface area contributed by atoms with Crippen LogP contribution in [-0.4, -0.2) is 16.6 Å². The average molecular weight is 330 g/mol. The number of hydrogen-bond acceptors (Lipinski definition) is 5. The maximum absolute atomic E-state index is 12.9. The molecule has 0 radical (unpaired) electrons. The van der Waals surface area contributed by atoms with Crippen molar-refractivity contribution in [1.29, 1.82) is 0 Å². The Kier molecular flexibility index (Phi) is 3.83. The van der Waals surface area contributed by atoms with Crippen LogP contribution in [0, 0.1) is 11.7 Å². The Balaban J connectivity index is 1.49. The van der Waals surface area contributed by atoms with E-state index in [1.165, 1.54) is 42.7 Å². The minimum absolute atomic E-state index is 0.295. The quantitative estimate of drug-likeness (QED) is 0.674. The Bertz CT molecular complexity index is 815. The standard InChI is InChI=1S/C17H15FN2O2S/c18-12-4-6-13(7-5-12)22-17-19-14-8-9-15(20-16(14)23-17)21-10-11-2-1-3-11/h4-9,11H,1-3,10H2. The van der Waals surface area contributed by atoms with Crippen LogP contribution < -0.4 is 9.47 Å². The summed E-state index contributed by atoms with van der Waals surface area (Å²) in [5.41, 5.74) is 0.767. The Hall–Kier alpha value is -2.21. The molecule has 0 bridgehead atoms. The van der Waals surface area contributed by atoms with Crippen LogP contribution in [-0.2, 0) is 0 Å². The fourth-order valence-electron chi connectivity index (χ4n) is 2.37. The summed E-state index contributed by atoms with van der Waals surface area (Å²) in [5, 5.41) is 0.482. The fraction of sp³-hybridized carbons (Fsp3) is 0.294. The van der Waals surface area contributed by atoms with Gasteiger partial charge < -0.3 is 9.47 Å². The lowest BCUT2D eigenvalue weighted by Crippen LogP contribution is -2.19. The van der Waals surface area contributed by atoms with Crippen molar-refractivity contribution in [3.05, 3.63) is 42.2 Å². The molecule has 0 unspecified atom stereocenters. The minimum Gasteiger partial charge on any atom is -0.477 e. The topological polar surface area (TPSA) is 44.2 Å². The molecule has 0 N–H and O–H groups in total. The molecule has 23 heavy (non-hydrogen) atoms. The predicted molar refractivity (Wildman–Crippen MR) is 86.7 cm³/mol. The number of pyridine rings is 1. The van der Waals surface area contributed by atoms with E-state index >= 15 is 0 Å². The molecule has 0 saturated heterocycles. The Morgan fingerprint density at radius 2 is 1.91 bits per heavy atom. The van der Waals surface area contributed by atoms with Crippen LogP contribution >= 0.6 is 11.3 Å². The molecule has 4 nitrogen and oxygen atoms in total. The first-order valence-electron chi connectivity index (χ1n) is 7.60. The van der Waals surface area contributed by atoms with E-state index in [1.54, 1.807) is 12.1 Å². The zero-order chi connectivity index (χ0) is 15.6. The van der Waals surface area contributed by atoms with E-state index in [1.807, 2.05) is 12.1 Å². The molecule has 2 aromatic heterocycles. The maximum atomic E-state index is 12.9. The van der Waals surface area contributed by atoms with Crippen LogP contribution in [0.4, 0.5) is 4.39 Å². The second kappa shape index (κ2) is 6.12. The Morgan fingerprint density at radius 1 is 1.09 bits per heavy atom. The van der Waals surface area contributed by atoms with Crippen molar-refractivity contribution in [2.45, 2.75) is 19.3 Å². The Morgan fingerprint density at radius 3 is 2.65 bits per heavy atom. The van der Waals surface area contributed by atoms with Crippen molar-refractivity contribution >= 4 is 21.7 Å². The van der Waals surface area contributed by atoms with Crippen LogP contribution in [0.25, 0.3) is 10.3 Å². The van der Waals surface area contributed by atoms with Crippen molar-refractivity contribution in [3.8, 4) is 16.8 Å². The molecule has 3 aromatic rings. The van der Waals surface area contributed by atoms with E-state index in [2.05, 4.69) is 9.97 Å². The Labute approximate surface area is 136 Å². The van der Waals surface area contributed by atoms with E-state index in [-0.39, 0.29) is 5.82 Å². The van der Waals surface area contributed by atoms with Crippen molar-refractivity contribution < 1.29 is 13.9 Å². The van der Waals surface area contributed by atoms with Crippen LogP contribution in [0.2, 0.25) is 0 Å². The van der Waals surface area contributed by atoms with Crippen molar-refractivity contribution in [3.63, 3.8) is 0 Å². The highest BCUT2D eigenvalue weighted by Crippen LogP contribution is 2.32. The van der Waals surface area contributed by atoms with Gasteiger partial charge in [-0.05, 0) is 49.1 Å². The molecular formula is C17H15FN2O2S. The van der Waals surface area contributed by atoms with Gasteiger partial charge in [-0.2, -0.15) is 0 Å². The monoisotopic (exact) mass is 330 g/mol. The molecule has 0 amide bonds. The second-order valence-corrected chi connectivity index (χ2v) is 6.56. The molecule has 1 aromatic carbocycles. The number of nitrogens with zero attached hydrogens (tertiary/aromatic N) is 2. The highest BCUT2D eigenvalue weighted by atomic mass is 32.1. The van der Waals surface area contributed by atoms with Gasteiger partial charge in [0.2, 0.25) is 5.88 Å².